The third kappa shape index (κ3) is 4.96. The number of carbonyl (C=O) groups is 1. The van der Waals surface area contributed by atoms with Gasteiger partial charge in [-0.15, -0.1) is 0 Å². The predicted octanol–water partition coefficient (Wildman–Crippen LogP) is 1.57. The zero-order valence-electron chi connectivity index (χ0n) is 12.2. The van der Waals surface area contributed by atoms with Crippen LogP contribution in [0.25, 0.3) is 0 Å². The Balaban J connectivity index is 1.66. The maximum atomic E-state index is 11.6. The highest BCUT2D eigenvalue weighted by Crippen LogP contribution is 2.32. The van der Waals surface area contributed by atoms with Crippen molar-refractivity contribution in [3.8, 4) is 0 Å². The number of morpholine rings is 1. The fraction of sp³-hybridized carbons (Fsp3) is 0.800. The van der Waals surface area contributed by atoms with Crippen molar-refractivity contribution in [2.75, 3.05) is 39.4 Å². The summed E-state index contributed by atoms with van der Waals surface area (Å²) in [5.74, 6) is 0.256. The molecule has 0 spiro atoms. The van der Waals surface area contributed by atoms with Crippen LogP contribution in [-0.4, -0.2) is 50.1 Å². The number of hydrogen-bond donors (Lipinski definition) is 1. The minimum Gasteiger partial charge on any atom is -0.388 e. The van der Waals surface area contributed by atoms with Gasteiger partial charge < -0.3 is 10.1 Å². The first-order valence-electron chi connectivity index (χ1n) is 7.33. The molecule has 0 saturated carbocycles. The summed E-state index contributed by atoms with van der Waals surface area (Å²) in [5, 5.41) is 3.43. The topological polar surface area (TPSA) is 41.6 Å². The lowest BCUT2D eigenvalue weighted by Gasteiger charge is -2.30. The van der Waals surface area contributed by atoms with Crippen LogP contribution in [0.15, 0.2) is 11.8 Å². The maximum Gasteiger partial charge on any atom is 0.157 e. The van der Waals surface area contributed by atoms with Gasteiger partial charge in [0.05, 0.1) is 13.2 Å². The molecule has 19 heavy (non-hydrogen) atoms. The van der Waals surface area contributed by atoms with Gasteiger partial charge in [-0.2, -0.15) is 0 Å². The molecule has 1 fully saturated rings. The van der Waals surface area contributed by atoms with Gasteiger partial charge in [0.2, 0.25) is 0 Å². The SMILES string of the molecule is CC1(C)CC(=O)C=C(NCCCN2CCOCC2)C1. The maximum absolute atomic E-state index is 11.6. The summed E-state index contributed by atoms with van der Waals surface area (Å²) in [6, 6.07) is 0. The molecule has 0 aromatic carbocycles. The van der Waals surface area contributed by atoms with Crippen LogP contribution in [0.5, 0.6) is 0 Å². The smallest absolute Gasteiger partial charge is 0.157 e. The zero-order valence-corrected chi connectivity index (χ0v) is 12.2. The average Bonchev–Trinajstić information content (AvgIpc) is 2.33. The molecule has 0 aromatic heterocycles. The third-order valence-electron chi connectivity index (χ3n) is 3.76. The number of ether oxygens (including phenoxy) is 1. The zero-order chi connectivity index (χ0) is 13.7. The third-order valence-corrected chi connectivity index (χ3v) is 3.76. The van der Waals surface area contributed by atoms with Crippen molar-refractivity contribution < 1.29 is 9.53 Å². The molecular weight excluding hydrogens is 240 g/mol. The van der Waals surface area contributed by atoms with Crippen molar-refractivity contribution in [2.24, 2.45) is 5.41 Å². The molecule has 1 aliphatic carbocycles. The molecule has 0 unspecified atom stereocenters. The monoisotopic (exact) mass is 266 g/mol. The van der Waals surface area contributed by atoms with Gasteiger partial charge >= 0.3 is 0 Å². The molecule has 4 nitrogen and oxygen atoms in total. The summed E-state index contributed by atoms with van der Waals surface area (Å²) in [7, 11) is 0. The van der Waals surface area contributed by atoms with Crippen LogP contribution < -0.4 is 5.32 Å². The van der Waals surface area contributed by atoms with E-state index < -0.39 is 0 Å². The Labute approximate surface area is 116 Å². The summed E-state index contributed by atoms with van der Waals surface area (Å²) in [5.41, 5.74) is 1.22. The molecule has 4 heteroatoms. The van der Waals surface area contributed by atoms with E-state index in [9.17, 15) is 4.79 Å². The van der Waals surface area contributed by atoms with E-state index >= 15 is 0 Å². The van der Waals surface area contributed by atoms with Crippen molar-refractivity contribution in [1.29, 1.82) is 0 Å². The van der Waals surface area contributed by atoms with E-state index in [0.29, 0.717) is 6.42 Å². The largest absolute Gasteiger partial charge is 0.388 e. The van der Waals surface area contributed by atoms with E-state index in [2.05, 4.69) is 24.1 Å². The highest BCUT2D eigenvalue weighted by atomic mass is 16.5. The number of hydrogen-bond acceptors (Lipinski definition) is 4. The van der Waals surface area contributed by atoms with E-state index in [1.54, 1.807) is 6.08 Å². The number of allylic oxidation sites excluding steroid dienone is 2. The number of nitrogens with zero attached hydrogens (tertiary/aromatic N) is 1. The van der Waals surface area contributed by atoms with Gasteiger partial charge in [0.15, 0.2) is 5.78 Å². The molecule has 1 heterocycles. The van der Waals surface area contributed by atoms with Crippen molar-refractivity contribution in [2.45, 2.75) is 33.1 Å². The van der Waals surface area contributed by atoms with Gasteiger partial charge in [-0.25, -0.2) is 0 Å². The predicted molar refractivity (Wildman–Crippen MR) is 76.0 cm³/mol. The number of ketones is 1. The molecule has 2 aliphatic rings. The Morgan fingerprint density at radius 2 is 2.05 bits per heavy atom. The number of nitrogens with one attached hydrogen (secondary N) is 1. The Kier molecular flexibility index (Phi) is 4.99. The lowest BCUT2D eigenvalue weighted by Crippen LogP contribution is -2.38. The highest BCUT2D eigenvalue weighted by molar-refractivity contribution is 5.91. The van der Waals surface area contributed by atoms with Crippen LogP contribution >= 0.6 is 0 Å². The lowest BCUT2D eigenvalue weighted by molar-refractivity contribution is -0.117. The lowest BCUT2D eigenvalue weighted by atomic mass is 9.79. The molecule has 0 radical (unpaired) electrons. The molecule has 2 rings (SSSR count). The second-order valence-corrected chi connectivity index (χ2v) is 6.39. The summed E-state index contributed by atoms with van der Waals surface area (Å²) < 4.78 is 5.33. The van der Waals surface area contributed by atoms with Crippen LogP contribution in [-0.2, 0) is 9.53 Å². The van der Waals surface area contributed by atoms with Gasteiger partial charge in [-0.05, 0) is 24.8 Å². The van der Waals surface area contributed by atoms with Gasteiger partial charge in [0.25, 0.3) is 0 Å². The van der Waals surface area contributed by atoms with Gasteiger partial charge in [0.1, 0.15) is 0 Å². The van der Waals surface area contributed by atoms with Crippen LogP contribution in [0.3, 0.4) is 0 Å². The molecule has 0 bridgehead atoms. The molecule has 108 valence electrons. The van der Waals surface area contributed by atoms with Crippen molar-refractivity contribution in [3.05, 3.63) is 11.8 Å². The van der Waals surface area contributed by atoms with Gasteiger partial charge in [-0.1, -0.05) is 13.8 Å². The fourth-order valence-corrected chi connectivity index (χ4v) is 2.84. The minimum atomic E-state index is 0.109. The Hall–Kier alpha value is -0.870. The molecular formula is C15H26N2O2. The quantitative estimate of drug-likeness (QED) is 0.767. The van der Waals surface area contributed by atoms with Crippen LogP contribution in [0.2, 0.25) is 0 Å². The first-order valence-corrected chi connectivity index (χ1v) is 7.33. The van der Waals surface area contributed by atoms with Crippen molar-refractivity contribution >= 4 is 5.78 Å². The van der Waals surface area contributed by atoms with Crippen molar-refractivity contribution in [1.82, 2.24) is 10.2 Å². The molecule has 1 N–H and O–H groups in total. The van der Waals surface area contributed by atoms with Crippen LogP contribution in [0.4, 0.5) is 0 Å². The summed E-state index contributed by atoms with van der Waals surface area (Å²) in [4.78, 5) is 14.1. The van der Waals surface area contributed by atoms with Crippen molar-refractivity contribution in [3.63, 3.8) is 0 Å². The van der Waals surface area contributed by atoms with Crippen LogP contribution in [0.1, 0.15) is 33.1 Å². The van der Waals surface area contributed by atoms with E-state index in [-0.39, 0.29) is 11.2 Å². The fourth-order valence-electron chi connectivity index (χ4n) is 2.84. The molecule has 0 aromatic rings. The molecule has 1 saturated heterocycles. The Bertz CT molecular complexity index is 344. The highest BCUT2D eigenvalue weighted by Gasteiger charge is 2.27. The first kappa shape index (κ1) is 14.5. The molecule has 0 amide bonds. The average molecular weight is 266 g/mol. The molecule has 0 atom stereocenters. The summed E-state index contributed by atoms with van der Waals surface area (Å²) in [6.45, 7) is 10.2. The normalized spacial score (nSPS) is 24.1. The van der Waals surface area contributed by atoms with E-state index in [1.165, 1.54) is 0 Å². The first-order chi connectivity index (χ1) is 9.05. The van der Waals surface area contributed by atoms with Gasteiger partial charge in [0, 0.05) is 37.8 Å². The van der Waals surface area contributed by atoms with E-state index in [4.69, 9.17) is 4.74 Å². The van der Waals surface area contributed by atoms with E-state index in [1.807, 2.05) is 0 Å². The van der Waals surface area contributed by atoms with Gasteiger partial charge in [-0.3, -0.25) is 9.69 Å². The van der Waals surface area contributed by atoms with Crippen LogP contribution in [0, 0.1) is 5.41 Å². The minimum absolute atomic E-state index is 0.109. The second-order valence-electron chi connectivity index (χ2n) is 6.39. The number of carbonyl (C=O) groups excluding carboxylic acids is 1. The summed E-state index contributed by atoms with van der Waals surface area (Å²) >= 11 is 0. The summed E-state index contributed by atoms with van der Waals surface area (Å²) in [6.07, 6.45) is 4.56. The second kappa shape index (κ2) is 6.53. The van der Waals surface area contributed by atoms with E-state index in [0.717, 1.165) is 57.9 Å². The Morgan fingerprint density at radius 3 is 2.74 bits per heavy atom. The Morgan fingerprint density at radius 1 is 1.32 bits per heavy atom. The standard InChI is InChI=1S/C15H26N2O2/c1-15(2)11-13(10-14(18)12-15)16-4-3-5-17-6-8-19-9-7-17/h10,16H,3-9,11-12H2,1-2H3. The number of rotatable bonds is 5. The molecule has 1 aliphatic heterocycles.